The van der Waals surface area contributed by atoms with Crippen LogP contribution in [0.4, 0.5) is 0 Å². The van der Waals surface area contributed by atoms with Crippen LogP contribution in [0.3, 0.4) is 0 Å². The maximum atomic E-state index is 6.31. The minimum atomic E-state index is 0.330. The Bertz CT molecular complexity index is 464. The summed E-state index contributed by atoms with van der Waals surface area (Å²) in [6.07, 6.45) is 10.3. The second-order valence-electron chi connectivity index (χ2n) is 5.68. The van der Waals surface area contributed by atoms with Crippen molar-refractivity contribution in [3.63, 3.8) is 0 Å². The van der Waals surface area contributed by atoms with Crippen molar-refractivity contribution in [2.24, 2.45) is 0 Å². The van der Waals surface area contributed by atoms with Crippen LogP contribution in [0.2, 0.25) is 5.02 Å². The molecule has 1 unspecified atom stereocenters. The predicted octanol–water partition coefficient (Wildman–Crippen LogP) is 5.58. The van der Waals surface area contributed by atoms with Gasteiger partial charge in [-0.25, -0.2) is 0 Å². The second kappa shape index (κ2) is 7.85. The highest BCUT2D eigenvalue weighted by Gasteiger charge is 2.18. The Morgan fingerprint density at radius 1 is 1.20 bits per heavy atom. The van der Waals surface area contributed by atoms with Crippen molar-refractivity contribution in [3.05, 3.63) is 46.0 Å². The molecule has 1 aromatic carbocycles. The van der Waals surface area contributed by atoms with Crippen molar-refractivity contribution in [1.29, 1.82) is 0 Å². The maximum absolute atomic E-state index is 6.31. The van der Waals surface area contributed by atoms with E-state index >= 15 is 0 Å². The van der Waals surface area contributed by atoms with Crippen molar-refractivity contribution < 1.29 is 0 Å². The van der Waals surface area contributed by atoms with Crippen molar-refractivity contribution in [1.82, 2.24) is 5.32 Å². The molecule has 0 heterocycles. The highest BCUT2D eigenvalue weighted by atomic mass is 35.5. The molecule has 1 atom stereocenters. The van der Waals surface area contributed by atoms with Gasteiger partial charge in [0.1, 0.15) is 0 Å². The van der Waals surface area contributed by atoms with E-state index in [9.17, 15) is 0 Å². The molecule has 1 nitrogen and oxygen atoms in total. The van der Waals surface area contributed by atoms with Gasteiger partial charge in [-0.1, -0.05) is 55.1 Å². The Morgan fingerprint density at radius 2 is 2.00 bits per heavy atom. The van der Waals surface area contributed by atoms with Gasteiger partial charge in [0.15, 0.2) is 0 Å². The fourth-order valence-electron chi connectivity index (χ4n) is 3.06. The molecular formula is C18H26ClN. The van der Waals surface area contributed by atoms with E-state index in [1.54, 1.807) is 5.57 Å². The van der Waals surface area contributed by atoms with Crippen molar-refractivity contribution in [2.45, 2.75) is 58.4 Å². The summed E-state index contributed by atoms with van der Waals surface area (Å²) < 4.78 is 0. The summed E-state index contributed by atoms with van der Waals surface area (Å²) in [4.78, 5) is 0. The zero-order valence-electron chi connectivity index (χ0n) is 12.7. The Balaban J connectivity index is 2.31. The lowest BCUT2D eigenvalue weighted by Gasteiger charge is -2.25. The Hall–Kier alpha value is -0.790. The van der Waals surface area contributed by atoms with Gasteiger partial charge < -0.3 is 5.32 Å². The predicted molar refractivity (Wildman–Crippen MR) is 88.4 cm³/mol. The molecule has 2 heteroatoms. The number of halogens is 1. The first-order valence-electron chi connectivity index (χ1n) is 7.91. The molecule has 0 aliphatic heterocycles. The van der Waals surface area contributed by atoms with Gasteiger partial charge in [0.05, 0.1) is 6.04 Å². The lowest BCUT2D eigenvalue weighted by molar-refractivity contribution is 0.552. The van der Waals surface area contributed by atoms with Gasteiger partial charge in [0.2, 0.25) is 0 Å². The monoisotopic (exact) mass is 291 g/mol. The number of allylic oxidation sites excluding steroid dienone is 1. The van der Waals surface area contributed by atoms with Gasteiger partial charge in [-0.15, -0.1) is 0 Å². The Labute approximate surface area is 128 Å². The molecule has 110 valence electrons. The molecular weight excluding hydrogens is 266 g/mol. The summed E-state index contributed by atoms with van der Waals surface area (Å²) in [5.74, 6) is 0. The maximum Gasteiger partial charge on any atom is 0.0539 e. The first kappa shape index (κ1) is 15.6. The van der Waals surface area contributed by atoms with E-state index in [1.807, 2.05) is 6.07 Å². The van der Waals surface area contributed by atoms with Crippen LogP contribution in [0.1, 0.15) is 62.6 Å². The zero-order chi connectivity index (χ0) is 14.4. The third kappa shape index (κ3) is 3.86. The number of hydrogen-bond acceptors (Lipinski definition) is 1. The van der Waals surface area contributed by atoms with E-state index in [0.29, 0.717) is 6.04 Å². The third-order valence-electron chi connectivity index (χ3n) is 4.23. The highest BCUT2D eigenvalue weighted by molar-refractivity contribution is 6.31. The van der Waals surface area contributed by atoms with Crippen LogP contribution in [0.25, 0.3) is 0 Å². The highest BCUT2D eigenvalue weighted by Crippen LogP contribution is 2.32. The number of hydrogen-bond donors (Lipinski definition) is 1. The standard InChI is InChI=1S/C18H26ClN/c1-3-20-18(15-10-7-5-4-6-8-11-15)16-12-9-13-17(19)14(16)2/h9-10,12-13,18,20H,3-8,11H2,1-2H3/b15-10+. The molecule has 0 radical (unpaired) electrons. The molecule has 20 heavy (non-hydrogen) atoms. The molecule has 2 rings (SSSR count). The topological polar surface area (TPSA) is 12.0 Å². The minimum Gasteiger partial charge on any atom is -0.307 e. The van der Waals surface area contributed by atoms with Crippen molar-refractivity contribution >= 4 is 11.6 Å². The van der Waals surface area contributed by atoms with Crippen LogP contribution in [-0.2, 0) is 0 Å². The summed E-state index contributed by atoms with van der Waals surface area (Å²) in [7, 11) is 0. The smallest absolute Gasteiger partial charge is 0.0539 e. The summed E-state index contributed by atoms with van der Waals surface area (Å²) in [6, 6.07) is 6.60. The number of likely N-dealkylation sites (N-methyl/N-ethyl adjacent to an activating group) is 1. The van der Waals surface area contributed by atoms with Gasteiger partial charge in [0.25, 0.3) is 0 Å². The quantitative estimate of drug-likeness (QED) is 0.714. The largest absolute Gasteiger partial charge is 0.307 e. The van der Waals surface area contributed by atoms with E-state index in [-0.39, 0.29) is 0 Å². The van der Waals surface area contributed by atoms with Crippen LogP contribution in [0.5, 0.6) is 0 Å². The normalized spacial score (nSPS) is 20.6. The molecule has 0 saturated carbocycles. The molecule has 0 amide bonds. The fraction of sp³-hybridized carbons (Fsp3) is 0.556. The molecule has 0 spiro atoms. The third-order valence-corrected chi connectivity index (χ3v) is 4.64. The van der Waals surface area contributed by atoms with E-state index in [4.69, 9.17) is 11.6 Å². The molecule has 1 aromatic rings. The number of rotatable bonds is 4. The first-order valence-corrected chi connectivity index (χ1v) is 8.29. The van der Waals surface area contributed by atoms with E-state index in [2.05, 4.69) is 37.4 Å². The van der Waals surface area contributed by atoms with Gasteiger partial charge in [-0.2, -0.15) is 0 Å². The molecule has 0 fully saturated rings. The number of nitrogens with one attached hydrogen (secondary N) is 1. The number of benzene rings is 1. The summed E-state index contributed by atoms with van der Waals surface area (Å²) in [5, 5.41) is 4.53. The lowest BCUT2D eigenvalue weighted by Crippen LogP contribution is -2.24. The second-order valence-corrected chi connectivity index (χ2v) is 6.08. The van der Waals surface area contributed by atoms with Gasteiger partial charge >= 0.3 is 0 Å². The summed E-state index contributed by atoms with van der Waals surface area (Å²) >= 11 is 6.31. The Morgan fingerprint density at radius 3 is 2.80 bits per heavy atom. The van der Waals surface area contributed by atoms with Gasteiger partial charge in [-0.3, -0.25) is 0 Å². The molecule has 0 bridgehead atoms. The average molecular weight is 292 g/mol. The van der Waals surface area contributed by atoms with Crippen LogP contribution in [0.15, 0.2) is 29.8 Å². The van der Waals surface area contributed by atoms with Crippen LogP contribution >= 0.6 is 11.6 Å². The fourth-order valence-corrected chi connectivity index (χ4v) is 3.24. The van der Waals surface area contributed by atoms with E-state index in [1.165, 1.54) is 49.7 Å². The van der Waals surface area contributed by atoms with Crippen molar-refractivity contribution in [2.75, 3.05) is 6.54 Å². The van der Waals surface area contributed by atoms with Gasteiger partial charge in [-0.05, 0) is 56.3 Å². The van der Waals surface area contributed by atoms with Crippen LogP contribution in [0, 0.1) is 6.92 Å². The van der Waals surface area contributed by atoms with E-state index < -0.39 is 0 Å². The van der Waals surface area contributed by atoms with Gasteiger partial charge in [0, 0.05) is 5.02 Å². The summed E-state index contributed by atoms with van der Waals surface area (Å²) in [5.41, 5.74) is 4.10. The molecule has 0 saturated heterocycles. The molecule has 1 aliphatic carbocycles. The van der Waals surface area contributed by atoms with Crippen LogP contribution < -0.4 is 5.32 Å². The average Bonchev–Trinajstić information content (AvgIpc) is 2.40. The SMILES string of the molecule is CCNC(/C1=C/CCCCCC1)c1cccc(Cl)c1C. The minimum absolute atomic E-state index is 0.330. The van der Waals surface area contributed by atoms with Crippen molar-refractivity contribution in [3.8, 4) is 0 Å². The Kier molecular flexibility index (Phi) is 6.12. The lowest BCUT2D eigenvalue weighted by atomic mass is 9.89. The first-order chi connectivity index (χ1) is 9.74. The summed E-state index contributed by atoms with van der Waals surface area (Å²) in [6.45, 7) is 5.29. The van der Waals surface area contributed by atoms with E-state index in [0.717, 1.165) is 11.6 Å². The zero-order valence-corrected chi connectivity index (χ0v) is 13.5. The van der Waals surface area contributed by atoms with Crippen LogP contribution in [-0.4, -0.2) is 6.54 Å². The molecule has 0 aromatic heterocycles. The molecule has 1 N–H and O–H groups in total. The molecule has 1 aliphatic rings.